The molecule has 0 unspecified atom stereocenters. The third-order valence-electron chi connectivity index (χ3n) is 2.09. The largest absolute Gasteiger partial charge is 0.444 e. The molecular formula is C10H17N3O2. The van der Waals surface area contributed by atoms with Crippen LogP contribution >= 0.6 is 0 Å². The van der Waals surface area contributed by atoms with Crippen molar-refractivity contribution in [3.63, 3.8) is 0 Å². The molecule has 0 spiro atoms. The average Bonchev–Trinajstić information content (AvgIpc) is 2.50. The zero-order chi connectivity index (χ0) is 11.5. The second-order valence-corrected chi connectivity index (χ2v) is 4.65. The van der Waals surface area contributed by atoms with E-state index in [1.54, 1.807) is 4.90 Å². The fourth-order valence-electron chi connectivity index (χ4n) is 1.45. The molecule has 1 aliphatic heterocycles. The molecule has 0 saturated carbocycles. The summed E-state index contributed by atoms with van der Waals surface area (Å²) in [4.78, 5) is 16.3. The van der Waals surface area contributed by atoms with Crippen molar-refractivity contribution in [1.82, 2.24) is 10.3 Å². The summed E-state index contributed by atoms with van der Waals surface area (Å²) in [5, 5.41) is 0. The molecular weight excluding hydrogens is 194 g/mol. The van der Waals surface area contributed by atoms with Gasteiger partial charge in [-0.15, -0.1) is 5.43 Å². The summed E-state index contributed by atoms with van der Waals surface area (Å²) >= 11 is 0. The SMILES string of the molecule is [C-]#[N+]N[C@@H]1CCN(C(=O)OC(C)(C)C)C1. The van der Waals surface area contributed by atoms with E-state index in [2.05, 4.69) is 10.4 Å². The molecule has 1 rings (SSSR count). The minimum atomic E-state index is -0.456. The van der Waals surface area contributed by atoms with E-state index in [1.165, 1.54) is 0 Å². The number of hydrogen-bond acceptors (Lipinski definition) is 3. The quantitative estimate of drug-likeness (QED) is 0.527. The molecule has 0 radical (unpaired) electrons. The molecule has 1 saturated heterocycles. The molecule has 1 amide bonds. The van der Waals surface area contributed by atoms with Gasteiger partial charge in [0.25, 0.3) is 0 Å². The summed E-state index contributed by atoms with van der Waals surface area (Å²) in [5.41, 5.74) is 2.18. The van der Waals surface area contributed by atoms with Crippen LogP contribution in [0, 0.1) is 6.57 Å². The number of likely N-dealkylation sites (tertiary alicyclic amines) is 1. The molecule has 0 aliphatic carbocycles. The number of amides is 1. The second kappa shape index (κ2) is 4.39. The molecule has 1 fully saturated rings. The van der Waals surface area contributed by atoms with E-state index >= 15 is 0 Å². The van der Waals surface area contributed by atoms with Crippen LogP contribution in [0.4, 0.5) is 4.79 Å². The van der Waals surface area contributed by atoms with Crippen LogP contribution in [0.15, 0.2) is 0 Å². The van der Waals surface area contributed by atoms with Gasteiger partial charge in [-0.25, -0.2) is 4.79 Å². The van der Waals surface area contributed by atoms with Crippen LogP contribution in [-0.4, -0.2) is 35.7 Å². The molecule has 0 bridgehead atoms. The summed E-state index contributed by atoms with van der Waals surface area (Å²) in [6.45, 7) is 13.4. The first-order valence-electron chi connectivity index (χ1n) is 5.02. The first-order valence-corrected chi connectivity index (χ1v) is 5.02. The number of nitrogens with one attached hydrogen (secondary N) is 1. The van der Waals surface area contributed by atoms with E-state index in [4.69, 9.17) is 11.3 Å². The van der Waals surface area contributed by atoms with E-state index in [0.29, 0.717) is 13.1 Å². The molecule has 84 valence electrons. The highest BCUT2D eigenvalue weighted by molar-refractivity contribution is 5.68. The molecule has 15 heavy (non-hydrogen) atoms. The lowest BCUT2D eigenvalue weighted by atomic mass is 10.2. The Bertz CT molecular complexity index is 277. The number of hydrogen-bond donors (Lipinski definition) is 1. The van der Waals surface area contributed by atoms with Crippen LogP contribution < -0.4 is 5.43 Å². The Morgan fingerprint density at radius 3 is 2.80 bits per heavy atom. The van der Waals surface area contributed by atoms with Gasteiger partial charge in [-0.05, 0) is 27.2 Å². The van der Waals surface area contributed by atoms with Gasteiger partial charge < -0.3 is 9.64 Å². The van der Waals surface area contributed by atoms with Gasteiger partial charge in [0.2, 0.25) is 0 Å². The number of rotatable bonds is 1. The van der Waals surface area contributed by atoms with Crippen molar-refractivity contribution < 1.29 is 9.53 Å². The first-order chi connectivity index (χ1) is 6.92. The molecule has 0 aromatic carbocycles. The molecule has 5 nitrogen and oxygen atoms in total. The maximum Gasteiger partial charge on any atom is 0.410 e. The number of nitrogens with zero attached hydrogens (tertiary/aromatic N) is 2. The van der Waals surface area contributed by atoms with Gasteiger partial charge >= 0.3 is 6.09 Å². The van der Waals surface area contributed by atoms with Crippen LogP contribution in [0.5, 0.6) is 0 Å². The predicted octanol–water partition coefficient (Wildman–Crippen LogP) is 1.42. The molecule has 0 aromatic heterocycles. The van der Waals surface area contributed by atoms with Gasteiger partial charge in [0.15, 0.2) is 0 Å². The molecule has 0 aromatic rings. The van der Waals surface area contributed by atoms with Crippen molar-refractivity contribution in [3.05, 3.63) is 11.5 Å². The topological polar surface area (TPSA) is 45.9 Å². The molecule has 1 heterocycles. The number of ether oxygens (including phenoxy) is 1. The summed E-state index contributed by atoms with van der Waals surface area (Å²) < 4.78 is 5.23. The molecule has 1 atom stereocenters. The van der Waals surface area contributed by atoms with E-state index in [9.17, 15) is 4.79 Å². The van der Waals surface area contributed by atoms with Crippen LogP contribution in [0.2, 0.25) is 0 Å². The van der Waals surface area contributed by atoms with Gasteiger partial charge in [-0.1, -0.05) is 0 Å². The Hall–Kier alpha value is -1.44. The average molecular weight is 211 g/mol. The Kier molecular flexibility index (Phi) is 3.40. The number of carbonyl (C=O) groups excluding carboxylic acids is 1. The Balaban J connectivity index is 2.41. The Morgan fingerprint density at radius 2 is 2.27 bits per heavy atom. The fraction of sp³-hybridized carbons (Fsp3) is 0.800. The summed E-state index contributed by atoms with van der Waals surface area (Å²) in [6, 6.07) is 0.0787. The van der Waals surface area contributed by atoms with Crippen LogP contribution in [0.3, 0.4) is 0 Å². The maximum absolute atomic E-state index is 11.6. The van der Waals surface area contributed by atoms with Crippen LogP contribution in [0.1, 0.15) is 27.2 Å². The third kappa shape index (κ3) is 3.66. The second-order valence-electron chi connectivity index (χ2n) is 4.65. The zero-order valence-corrected chi connectivity index (χ0v) is 9.41. The van der Waals surface area contributed by atoms with Crippen molar-refractivity contribution in [2.75, 3.05) is 13.1 Å². The lowest BCUT2D eigenvalue weighted by Crippen LogP contribution is -2.37. The van der Waals surface area contributed by atoms with E-state index in [-0.39, 0.29) is 12.1 Å². The normalized spacial score (nSPS) is 20.9. The lowest BCUT2D eigenvalue weighted by molar-refractivity contribution is 0.0291. The maximum atomic E-state index is 11.6. The third-order valence-corrected chi connectivity index (χ3v) is 2.09. The lowest BCUT2D eigenvalue weighted by Gasteiger charge is -2.24. The molecule has 1 aliphatic rings. The minimum Gasteiger partial charge on any atom is -0.444 e. The van der Waals surface area contributed by atoms with E-state index < -0.39 is 5.60 Å². The monoisotopic (exact) mass is 211 g/mol. The van der Waals surface area contributed by atoms with Crippen molar-refractivity contribution >= 4 is 6.09 Å². The van der Waals surface area contributed by atoms with Gasteiger partial charge in [-0.3, -0.25) is 0 Å². The van der Waals surface area contributed by atoms with Gasteiger partial charge in [0, 0.05) is 6.54 Å². The predicted molar refractivity (Wildman–Crippen MR) is 55.9 cm³/mol. The van der Waals surface area contributed by atoms with Gasteiger partial charge in [0.05, 0.1) is 6.54 Å². The standard InChI is InChI=1S/C10H17N3O2/c1-10(2,3)15-9(14)13-6-5-8(7-13)12-11-4/h8,12H,5-7H2,1-3H3/t8-/m1/s1. The van der Waals surface area contributed by atoms with E-state index in [0.717, 1.165) is 6.42 Å². The summed E-state index contributed by atoms with van der Waals surface area (Å²) in [6.07, 6.45) is 0.513. The highest BCUT2D eigenvalue weighted by Crippen LogP contribution is 2.15. The highest BCUT2D eigenvalue weighted by atomic mass is 16.6. The number of carbonyl (C=O) groups is 1. The van der Waals surface area contributed by atoms with Crippen LogP contribution in [0.25, 0.3) is 4.95 Å². The summed E-state index contributed by atoms with van der Waals surface area (Å²) in [7, 11) is 0. The van der Waals surface area contributed by atoms with E-state index in [1.807, 2.05) is 20.8 Å². The van der Waals surface area contributed by atoms with Crippen molar-refractivity contribution in [1.29, 1.82) is 0 Å². The van der Waals surface area contributed by atoms with Crippen molar-refractivity contribution in [2.24, 2.45) is 0 Å². The molecule has 1 N–H and O–H groups in total. The first kappa shape index (κ1) is 11.6. The Labute approximate surface area is 90.2 Å². The van der Waals surface area contributed by atoms with Crippen LogP contribution in [-0.2, 0) is 4.74 Å². The minimum absolute atomic E-state index is 0.0787. The fourth-order valence-corrected chi connectivity index (χ4v) is 1.45. The zero-order valence-electron chi connectivity index (χ0n) is 9.41. The summed E-state index contributed by atoms with van der Waals surface area (Å²) in [5.74, 6) is 0. The van der Waals surface area contributed by atoms with Crippen molar-refractivity contribution in [2.45, 2.75) is 38.8 Å². The van der Waals surface area contributed by atoms with Crippen molar-refractivity contribution in [3.8, 4) is 0 Å². The molecule has 5 heteroatoms. The smallest absolute Gasteiger partial charge is 0.410 e. The Morgan fingerprint density at radius 1 is 1.60 bits per heavy atom. The van der Waals surface area contributed by atoms with Gasteiger partial charge in [-0.2, -0.15) is 11.5 Å². The van der Waals surface area contributed by atoms with Gasteiger partial charge in [0.1, 0.15) is 11.6 Å². The highest BCUT2D eigenvalue weighted by Gasteiger charge is 2.30.